The third kappa shape index (κ3) is 3.08. The van der Waals surface area contributed by atoms with Gasteiger partial charge >= 0.3 is 0 Å². The summed E-state index contributed by atoms with van der Waals surface area (Å²) in [6, 6.07) is 11.8. The minimum Gasteiger partial charge on any atom is -0.506 e. The fourth-order valence-corrected chi connectivity index (χ4v) is 3.18. The van der Waals surface area contributed by atoms with Crippen LogP contribution < -0.4 is 0 Å². The zero-order valence-corrected chi connectivity index (χ0v) is 12.9. The molecule has 0 amide bonds. The molecule has 112 valence electrons. The van der Waals surface area contributed by atoms with Gasteiger partial charge in [0.25, 0.3) is 0 Å². The topological polar surface area (TPSA) is 78.3 Å². The van der Waals surface area contributed by atoms with Gasteiger partial charge in [-0.2, -0.15) is 4.91 Å². The van der Waals surface area contributed by atoms with E-state index in [1.807, 2.05) is 24.3 Å². The number of imidazole rings is 1. The Morgan fingerprint density at radius 2 is 2.14 bits per heavy atom. The Morgan fingerprint density at radius 3 is 2.86 bits per heavy atom. The van der Waals surface area contributed by atoms with E-state index < -0.39 is 6.04 Å². The molecule has 7 heteroatoms. The van der Waals surface area contributed by atoms with Gasteiger partial charge in [-0.1, -0.05) is 46.7 Å². The predicted molar refractivity (Wildman–Crippen MR) is 88.5 cm³/mol. The van der Waals surface area contributed by atoms with E-state index in [9.17, 15) is 10.0 Å². The van der Waals surface area contributed by atoms with Crippen molar-refractivity contribution in [3.63, 3.8) is 0 Å². The second-order valence-corrected chi connectivity index (χ2v) is 6.12. The summed E-state index contributed by atoms with van der Waals surface area (Å²) in [5.41, 5.74) is 2.50. The molecule has 0 aliphatic heterocycles. The van der Waals surface area contributed by atoms with Gasteiger partial charge in [0.05, 0.1) is 16.1 Å². The summed E-state index contributed by atoms with van der Waals surface area (Å²) in [7, 11) is 0. The molecule has 0 radical (unpaired) electrons. The van der Waals surface area contributed by atoms with Crippen LogP contribution in [0.4, 0.5) is 0 Å². The van der Waals surface area contributed by atoms with E-state index in [0.717, 1.165) is 16.2 Å². The number of aromatic amines is 1. The first-order valence-electron chi connectivity index (χ1n) is 6.56. The Labute approximate surface area is 135 Å². The van der Waals surface area contributed by atoms with Crippen molar-refractivity contribution in [3.8, 4) is 5.75 Å². The average Bonchev–Trinajstić information content (AvgIpc) is 2.94. The number of phenolic OH excluding ortho intramolecular Hbond substituents is 1. The van der Waals surface area contributed by atoms with Gasteiger partial charge in [-0.25, -0.2) is 4.98 Å². The second-order valence-electron chi connectivity index (χ2n) is 4.70. The largest absolute Gasteiger partial charge is 0.506 e. The lowest BCUT2D eigenvalue weighted by Gasteiger charge is -2.09. The van der Waals surface area contributed by atoms with E-state index in [4.69, 9.17) is 11.6 Å². The highest BCUT2D eigenvalue weighted by atomic mass is 35.5. The summed E-state index contributed by atoms with van der Waals surface area (Å²) in [6.45, 7) is 0. The first-order chi connectivity index (χ1) is 10.7. The molecule has 1 unspecified atom stereocenters. The number of aromatic hydroxyl groups is 1. The van der Waals surface area contributed by atoms with Crippen molar-refractivity contribution in [1.82, 2.24) is 9.97 Å². The van der Waals surface area contributed by atoms with Gasteiger partial charge < -0.3 is 10.1 Å². The number of phenols is 1. The molecule has 0 saturated heterocycles. The Hall–Kier alpha value is -2.05. The van der Waals surface area contributed by atoms with E-state index >= 15 is 0 Å². The molecule has 1 atom stereocenters. The number of para-hydroxylation sites is 2. The number of rotatable bonds is 5. The van der Waals surface area contributed by atoms with Crippen molar-refractivity contribution >= 4 is 34.4 Å². The van der Waals surface area contributed by atoms with Gasteiger partial charge in [-0.05, 0) is 29.8 Å². The lowest BCUT2D eigenvalue weighted by atomic mass is 10.1. The van der Waals surface area contributed by atoms with Gasteiger partial charge in [0, 0.05) is 5.75 Å². The van der Waals surface area contributed by atoms with Crippen LogP contribution in [0, 0.1) is 4.91 Å². The van der Waals surface area contributed by atoms with E-state index in [1.165, 1.54) is 17.8 Å². The predicted octanol–water partition coefficient (Wildman–Crippen LogP) is 4.52. The zero-order chi connectivity index (χ0) is 15.5. The number of hydrogen-bond acceptors (Lipinski definition) is 5. The minimum atomic E-state index is -0.559. The summed E-state index contributed by atoms with van der Waals surface area (Å²) in [6.07, 6.45) is 0. The highest BCUT2D eigenvalue weighted by molar-refractivity contribution is 7.99. The van der Waals surface area contributed by atoms with Crippen molar-refractivity contribution in [2.75, 3.05) is 5.75 Å². The number of nitrogens with zero attached hydrogens (tertiary/aromatic N) is 2. The Kier molecular flexibility index (Phi) is 4.31. The molecule has 2 N–H and O–H groups in total. The summed E-state index contributed by atoms with van der Waals surface area (Å²) in [5.74, 6) is 0.421. The van der Waals surface area contributed by atoms with Crippen LogP contribution in [0.25, 0.3) is 11.0 Å². The molecule has 1 aromatic heterocycles. The molecule has 5 nitrogen and oxygen atoms in total. The zero-order valence-electron chi connectivity index (χ0n) is 11.4. The minimum absolute atomic E-state index is 0.0139. The van der Waals surface area contributed by atoms with Crippen molar-refractivity contribution < 1.29 is 5.11 Å². The maximum Gasteiger partial charge on any atom is 0.166 e. The number of hydrogen-bond donors (Lipinski definition) is 2. The fourth-order valence-electron chi connectivity index (χ4n) is 2.07. The Balaban J connectivity index is 1.75. The van der Waals surface area contributed by atoms with Crippen molar-refractivity contribution in [2.24, 2.45) is 5.18 Å². The van der Waals surface area contributed by atoms with Gasteiger partial charge in [0.15, 0.2) is 5.16 Å². The normalized spacial score (nSPS) is 12.4. The summed E-state index contributed by atoms with van der Waals surface area (Å²) in [4.78, 5) is 18.7. The van der Waals surface area contributed by atoms with Crippen LogP contribution in [0.2, 0.25) is 5.02 Å². The molecule has 1 heterocycles. The van der Waals surface area contributed by atoms with Crippen LogP contribution in [-0.2, 0) is 0 Å². The summed E-state index contributed by atoms with van der Waals surface area (Å²) in [5, 5.41) is 13.5. The quantitative estimate of drug-likeness (QED) is 0.531. The van der Waals surface area contributed by atoms with Crippen LogP contribution in [0.15, 0.2) is 52.8 Å². The van der Waals surface area contributed by atoms with E-state index in [0.29, 0.717) is 11.3 Å². The van der Waals surface area contributed by atoms with E-state index in [1.54, 1.807) is 12.1 Å². The first-order valence-corrected chi connectivity index (χ1v) is 7.92. The molecule has 0 aliphatic carbocycles. The summed E-state index contributed by atoms with van der Waals surface area (Å²) < 4.78 is 0. The molecular formula is C15H12ClN3O2S. The van der Waals surface area contributed by atoms with E-state index in [-0.39, 0.29) is 10.8 Å². The number of nitroso groups, excluding NO2 is 1. The smallest absolute Gasteiger partial charge is 0.166 e. The Morgan fingerprint density at radius 1 is 1.32 bits per heavy atom. The van der Waals surface area contributed by atoms with Crippen molar-refractivity contribution in [3.05, 3.63) is 58.0 Å². The molecule has 2 aromatic carbocycles. The van der Waals surface area contributed by atoms with Gasteiger partial charge in [0.1, 0.15) is 11.8 Å². The summed E-state index contributed by atoms with van der Waals surface area (Å²) >= 11 is 7.28. The fraction of sp³-hybridized carbons (Fsp3) is 0.133. The first kappa shape index (κ1) is 14.9. The van der Waals surface area contributed by atoms with Crippen LogP contribution in [-0.4, -0.2) is 20.8 Å². The molecule has 0 aliphatic rings. The number of halogens is 1. The molecule has 0 spiro atoms. The van der Waals surface area contributed by atoms with Crippen molar-refractivity contribution in [1.29, 1.82) is 0 Å². The molecule has 0 bridgehead atoms. The number of nitrogens with one attached hydrogen (secondary N) is 1. The van der Waals surface area contributed by atoms with Crippen LogP contribution >= 0.6 is 23.4 Å². The lowest BCUT2D eigenvalue weighted by molar-refractivity contribution is 0.475. The maximum absolute atomic E-state index is 11.1. The number of benzene rings is 2. The molecular weight excluding hydrogens is 322 g/mol. The maximum atomic E-state index is 11.1. The number of aromatic nitrogens is 2. The van der Waals surface area contributed by atoms with Gasteiger partial charge in [0.2, 0.25) is 0 Å². The van der Waals surface area contributed by atoms with Crippen molar-refractivity contribution in [2.45, 2.75) is 11.2 Å². The molecule has 22 heavy (non-hydrogen) atoms. The second kappa shape index (κ2) is 6.37. The molecule has 0 saturated carbocycles. The number of fused-ring (bicyclic) bond motifs is 1. The monoisotopic (exact) mass is 333 g/mol. The Bertz CT molecular complexity index is 788. The third-order valence-electron chi connectivity index (χ3n) is 3.23. The highest BCUT2D eigenvalue weighted by Crippen LogP contribution is 2.31. The molecule has 3 rings (SSSR count). The van der Waals surface area contributed by atoms with Crippen LogP contribution in [0.3, 0.4) is 0 Å². The van der Waals surface area contributed by atoms with E-state index in [2.05, 4.69) is 15.1 Å². The number of H-pyrrole nitrogens is 1. The molecule has 3 aromatic rings. The highest BCUT2D eigenvalue weighted by Gasteiger charge is 2.15. The number of thioether (sulfide) groups is 1. The van der Waals surface area contributed by atoms with Gasteiger partial charge in [-0.3, -0.25) is 0 Å². The molecule has 0 fully saturated rings. The van der Waals surface area contributed by atoms with Crippen LogP contribution in [0.5, 0.6) is 5.75 Å². The SMILES string of the molecule is O=NC(CSc1nc2ccccc2[nH]1)c1ccc(O)c(Cl)c1. The third-order valence-corrected chi connectivity index (χ3v) is 4.48. The average molecular weight is 334 g/mol. The lowest BCUT2D eigenvalue weighted by Crippen LogP contribution is -1.98. The standard InChI is InChI=1S/C15H12ClN3O2S/c16-10-7-9(5-6-14(10)20)13(19-21)8-22-15-17-11-3-1-2-4-12(11)18-15/h1-7,13,20H,8H2,(H,17,18). The van der Waals surface area contributed by atoms with Crippen LogP contribution in [0.1, 0.15) is 11.6 Å². The van der Waals surface area contributed by atoms with Gasteiger partial charge in [-0.15, -0.1) is 0 Å².